The van der Waals surface area contributed by atoms with Crippen molar-refractivity contribution in [3.05, 3.63) is 56.0 Å². The van der Waals surface area contributed by atoms with Gasteiger partial charge in [-0.2, -0.15) is 0 Å². The quantitative estimate of drug-likeness (QED) is 0.546. The van der Waals surface area contributed by atoms with Crippen LogP contribution in [0.15, 0.2) is 34.8 Å². The molecule has 0 bridgehead atoms. The zero-order chi connectivity index (χ0) is 19.4. The Hall–Kier alpha value is -2.03. The summed E-state index contributed by atoms with van der Waals surface area (Å²) in [4.78, 5) is 0. The third-order valence-corrected chi connectivity index (χ3v) is 5.30. The Morgan fingerprint density at radius 3 is 2.52 bits per heavy atom. The van der Waals surface area contributed by atoms with Gasteiger partial charge in [0.15, 0.2) is 11.5 Å². The molecule has 0 atom stereocenters. The van der Waals surface area contributed by atoms with Crippen molar-refractivity contribution in [2.24, 2.45) is 7.05 Å². The van der Waals surface area contributed by atoms with Crippen LogP contribution in [-0.4, -0.2) is 27.3 Å². The van der Waals surface area contributed by atoms with Crippen LogP contribution in [0.4, 0.5) is 5.95 Å². The van der Waals surface area contributed by atoms with Crippen molar-refractivity contribution >= 4 is 45.1 Å². The Bertz CT molecular complexity index is 931. The Morgan fingerprint density at radius 2 is 1.89 bits per heavy atom. The SMILES string of the molecule is COc1ccc(Br)c(CNc2nnnn2C)c1OCc1c(Cl)cccc1Cl. The molecule has 0 aliphatic heterocycles. The molecule has 0 spiro atoms. The Kier molecular flexibility index (Phi) is 6.41. The molecule has 7 nitrogen and oxygen atoms in total. The molecule has 2 aromatic carbocycles. The maximum absolute atomic E-state index is 6.24. The molecule has 0 saturated heterocycles. The smallest absolute Gasteiger partial charge is 0.242 e. The highest BCUT2D eigenvalue weighted by Gasteiger charge is 2.17. The highest BCUT2D eigenvalue weighted by molar-refractivity contribution is 9.10. The number of halogens is 3. The Morgan fingerprint density at radius 1 is 1.15 bits per heavy atom. The minimum Gasteiger partial charge on any atom is -0.493 e. The average molecular weight is 473 g/mol. The molecule has 0 aliphatic rings. The average Bonchev–Trinajstić information content (AvgIpc) is 3.05. The molecule has 1 N–H and O–H groups in total. The first-order chi connectivity index (χ1) is 13.0. The second-order valence-corrected chi connectivity index (χ2v) is 7.19. The van der Waals surface area contributed by atoms with E-state index in [0.717, 1.165) is 10.0 Å². The van der Waals surface area contributed by atoms with Crippen molar-refractivity contribution in [1.82, 2.24) is 20.2 Å². The van der Waals surface area contributed by atoms with Gasteiger partial charge in [0.25, 0.3) is 0 Å². The lowest BCUT2D eigenvalue weighted by molar-refractivity contribution is 0.281. The number of hydrogen-bond acceptors (Lipinski definition) is 6. The van der Waals surface area contributed by atoms with Gasteiger partial charge in [0, 0.05) is 39.2 Å². The first kappa shape index (κ1) is 19.7. The summed E-state index contributed by atoms with van der Waals surface area (Å²) in [5.41, 5.74) is 1.56. The van der Waals surface area contributed by atoms with Crippen molar-refractivity contribution in [2.75, 3.05) is 12.4 Å². The monoisotopic (exact) mass is 471 g/mol. The maximum atomic E-state index is 6.24. The van der Waals surface area contributed by atoms with E-state index in [1.165, 1.54) is 4.68 Å². The molecule has 0 amide bonds. The van der Waals surface area contributed by atoms with E-state index in [2.05, 4.69) is 36.8 Å². The van der Waals surface area contributed by atoms with Crippen molar-refractivity contribution in [3.8, 4) is 11.5 Å². The maximum Gasteiger partial charge on any atom is 0.242 e. The predicted molar refractivity (Wildman–Crippen MR) is 108 cm³/mol. The number of aromatic nitrogens is 4. The number of anilines is 1. The summed E-state index contributed by atoms with van der Waals surface area (Å²) < 4.78 is 13.9. The first-order valence-corrected chi connectivity index (χ1v) is 9.43. The van der Waals surface area contributed by atoms with Crippen LogP contribution in [-0.2, 0) is 20.2 Å². The first-order valence-electron chi connectivity index (χ1n) is 7.88. The normalized spacial score (nSPS) is 10.7. The molecule has 0 unspecified atom stereocenters. The minimum atomic E-state index is 0.198. The van der Waals surface area contributed by atoms with Gasteiger partial charge in [-0.15, -0.1) is 0 Å². The van der Waals surface area contributed by atoms with Crippen LogP contribution in [0.5, 0.6) is 11.5 Å². The van der Waals surface area contributed by atoms with Crippen LogP contribution in [0, 0.1) is 0 Å². The second-order valence-electron chi connectivity index (χ2n) is 5.53. The molecule has 0 radical (unpaired) electrons. The second kappa shape index (κ2) is 8.77. The largest absolute Gasteiger partial charge is 0.493 e. The fraction of sp³-hybridized carbons (Fsp3) is 0.235. The molecule has 3 rings (SSSR count). The van der Waals surface area contributed by atoms with Gasteiger partial charge in [-0.25, -0.2) is 4.68 Å². The zero-order valence-corrected chi connectivity index (χ0v) is 17.6. The van der Waals surface area contributed by atoms with Crippen LogP contribution in [0.1, 0.15) is 11.1 Å². The van der Waals surface area contributed by atoms with Crippen molar-refractivity contribution < 1.29 is 9.47 Å². The van der Waals surface area contributed by atoms with Gasteiger partial charge in [-0.1, -0.05) is 50.3 Å². The molecule has 0 saturated carbocycles. The topological polar surface area (TPSA) is 74.1 Å². The molecule has 1 aromatic heterocycles. The van der Waals surface area contributed by atoms with Crippen LogP contribution in [0.25, 0.3) is 0 Å². The summed E-state index contributed by atoms with van der Waals surface area (Å²) in [6.45, 7) is 0.613. The molecule has 10 heteroatoms. The van der Waals surface area contributed by atoms with Crippen LogP contribution in [0.2, 0.25) is 10.0 Å². The Labute approximate surface area is 174 Å². The van der Waals surface area contributed by atoms with Crippen LogP contribution >= 0.6 is 39.1 Å². The van der Waals surface area contributed by atoms with Crippen molar-refractivity contribution in [2.45, 2.75) is 13.2 Å². The van der Waals surface area contributed by atoms with E-state index in [4.69, 9.17) is 32.7 Å². The molecular weight excluding hydrogens is 457 g/mol. The van der Waals surface area contributed by atoms with E-state index in [-0.39, 0.29) is 6.61 Å². The van der Waals surface area contributed by atoms with Crippen LogP contribution < -0.4 is 14.8 Å². The van der Waals surface area contributed by atoms with Gasteiger partial charge >= 0.3 is 0 Å². The molecular formula is C17H16BrCl2N5O2. The number of benzene rings is 2. The van der Waals surface area contributed by atoms with Gasteiger partial charge in [0.1, 0.15) is 6.61 Å². The van der Waals surface area contributed by atoms with E-state index < -0.39 is 0 Å². The van der Waals surface area contributed by atoms with E-state index in [1.54, 1.807) is 32.4 Å². The summed E-state index contributed by atoms with van der Waals surface area (Å²) in [6, 6.07) is 9.04. The third kappa shape index (κ3) is 4.45. The Balaban J connectivity index is 1.88. The van der Waals surface area contributed by atoms with Crippen molar-refractivity contribution in [1.29, 1.82) is 0 Å². The summed E-state index contributed by atoms with van der Waals surface area (Å²) in [5, 5.41) is 15.6. The van der Waals surface area contributed by atoms with Gasteiger partial charge < -0.3 is 14.8 Å². The summed E-state index contributed by atoms with van der Waals surface area (Å²) in [5.74, 6) is 1.70. The fourth-order valence-corrected chi connectivity index (χ4v) is 3.39. The van der Waals surface area contributed by atoms with E-state index in [0.29, 0.717) is 39.6 Å². The fourth-order valence-electron chi connectivity index (χ4n) is 2.43. The number of methoxy groups -OCH3 is 1. The van der Waals surface area contributed by atoms with E-state index in [9.17, 15) is 0 Å². The van der Waals surface area contributed by atoms with E-state index in [1.807, 2.05) is 12.1 Å². The number of nitrogens with zero attached hydrogens (tertiary/aromatic N) is 4. The van der Waals surface area contributed by atoms with Gasteiger partial charge in [0.2, 0.25) is 5.95 Å². The van der Waals surface area contributed by atoms with Crippen molar-refractivity contribution in [3.63, 3.8) is 0 Å². The number of tetrazole rings is 1. The number of nitrogens with one attached hydrogen (secondary N) is 1. The lowest BCUT2D eigenvalue weighted by atomic mass is 10.1. The molecule has 1 heterocycles. The zero-order valence-electron chi connectivity index (χ0n) is 14.5. The third-order valence-electron chi connectivity index (χ3n) is 3.85. The lowest BCUT2D eigenvalue weighted by Crippen LogP contribution is -2.09. The standard InChI is InChI=1S/C17H16BrCl2N5O2/c1-25-17(22-23-24-25)21-8-10-12(18)6-7-15(26-2)16(10)27-9-11-13(19)4-3-5-14(11)20/h3-7H,8-9H2,1-2H3,(H,21,22,24). The molecule has 3 aromatic rings. The van der Waals surface area contributed by atoms with Gasteiger partial charge in [-0.05, 0) is 34.7 Å². The minimum absolute atomic E-state index is 0.198. The van der Waals surface area contributed by atoms with Gasteiger partial charge in [0.05, 0.1) is 7.11 Å². The molecule has 0 aliphatic carbocycles. The number of rotatable bonds is 7. The number of ether oxygens (including phenoxy) is 2. The molecule has 142 valence electrons. The lowest BCUT2D eigenvalue weighted by Gasteiger charge is -2.18. The molecule has 0 fully saturated rings. The summed E-state index contributed by atoms with van der Waals surface area (Å²) in [7, 11) is 3.34. The summed E-state index contributed by atoms with van der Waals surface area (Å²) in [6.07, 6.45) is 0. The predicted octanol–water partition coefficient (Wildman–Crippen LogP) is 4.48. The van der Waals surface area contributed by atoms with E-state index >= 15 is 0 Å². The summed E-state index contributed by atoms with van der Waals surface area (Å²) >= 11 is 16.1. The highest BCUT2D eigenvalue weighted by atomic mass is 79.9. The van der Waals surface area contributed by atoms with Gasteiger partial charge in [-0.3, -0.25) is 0 Å². The number of aryl methyl sites for hydroxylation is 1. The highest BCUT2D eigenvalue weighted by Crippen LogP contribution is 2.38. The number of hydrogen-bond donors (Lipinski definition) is 1. The molecule has 27 heavy (non-hydrogen) atoms. The van der Waals surface area contributed by atoms with Crippen LogP contribution in [0.3, 0.4) is 0 Å².